The number of piperazine rings is 1. The SMILES string of the molecule is CCc1cc(C(N)=S)ccn1.C[C@H]1COc2c(N3CCN(C)CC3)c(F)cc3c(=O)c(C(=O)O)cn1c23.NC(=O)c1cnccn1.NCC[C@H](O)C(=O)N[C@@H]1C[C@H](N)[C@@H](O[C@H]2O[C@H](CN)[C@@H](O)[C@H](O)[C@H]2O)[C@H](O)[C@H]1O[C@H]1O[C@H](CO)[C@@H](O)[C@H](N)[C@H]1O. The number of anilines is 1. The highest BCUT2D eigenvalue weighted by molar-refractivity contribution is 7.80. The van der Waals surface area contributed by atoms with Crippen molar-refractivity contribution in [3.05, 3.63) is 87.7 Å². The van der Waals surface area contributed by atoms with E-state index in [1.165, 1.54) is 24.8 Å². The van der Waals surface area contributed by atoms with E-state index < -0.39 is 133 Å². The van der Waals surface area contributed by atoms with Crippen LogP contribution < -0.4 is 54.8 Å². The van der Waals surface area contributed by atoms with Crippen molar-refractivity contribution in [1.82, 2.24) is 29.7 Å². The highest BCUT2D eigenvalue weighted by Gasteiger charge is 2.53. The Morgan fingerprint density at radius 2 is 1.56 bits per heavy atom. The van der Waals surface area contributed by atoms with Gasteiger partial charge < -0.3 is 124 Å². The number of carboxylic acids is 1. The molecule has 0 radical (unpaired) electrons. The molecule has 86 heavy (non-hydrogen) atoms. The fourth-order valence-electron chi connectivity index (χ4n) is 10.0. The average Bonchev–Trinajstić information content (AvgIpc) is 0.852. The molecule has 2 amide bonds. The molecule has 0 bridgehead atoms. The van der Waals surface area contributed by atoms with E-state index in [-0.39, 0.29) is 55.2 Å². The fourth-order valence-corrected chi connectivity index (χ4v) is 10.1. The van der Waals surface area contributed by atoms with Crippen LogP contribution in [0.25, 0.3) is 10.9 Å². The monoisotopic (exact) mass is 1240 g/mol. The van der Waals surface area contributed by atoms with Gasteiger partial charge in [0.2, 0.25) is 11.3 Å². The number of aromatic carboxylic acids is 1. The van der Waals surface area contributed by atoms with Gasteiger partial charge in [0.1, 0.15) is 95.7 Å². The number of hydrogen-bond donors (Lipinski definition) is 16. The number of rotatable bonds is 15. The topological polar surface area (TPSA) is 515 Å². The van der Waals surface area contributed by atoms with E-state index in [1.54, 1.807) is 10.8 Å². The Balaban J connectivity index is 0.000000216. The molecule has 31 nitrogen and oxygen atoms in total. The number of carbonyl (C=O) groups is 3. The first-order valence-corrected chi connectivity index (χ1v) is 27.9. The number of hydrogen-bond acceptors (Lipinski definition) is 27. The minimum absolute atomic E-state index is 0.0101. The highest BCUT2D eigenvalue weighted by atomic mass is 32.1. The molecule has 3 aromatic heterocycles. The predicted octanol–water partition coefficient (Wildman–Crippen LogP) is -6.03. The molecular weight excluding hydrogens is 1160 g/mol. The van der Waals surface area contributed by atoms with Gasteiger partial charge in [-0.15, -0.1) is 0 Å². The number of thiocarbonyl (C=S) groups is 1. The molecular formula is C53H78FN13O18S. The summed E-state index contributed by atoms with van der Waals surface area (Å²) in [4.78, 5) is 62.8. The fraction of sp³-hybridized carbons (Fsp3) is 0.585. The molecule has 7 heterocycles. The summed E-state index contributed by atoms with van der Waals surface area (Å²) in [6, 6.07) is 1.28. The van der Waals surface area contributed by atoms with E-state index in [9.17, 15) is 69.5 Å². The number of aromatic nitrogens is 4. The van der Waals surface area contributed by atoms with Gasteiger partial charge in [0, 0.05) is 74.8 Å². The summed E-state index contributed by atoms with van der Waals surface area (Å²) in [5.41, 5.74) is 35.3. The number of aliphatic hydroxyl groups is 8. The molecule has 1 saturated carbocycles. The van der Waals surface area contributed by atoms with Gasteiger partial charge in [0.05, 0.1) is 41.8 Å². The summed E-state index contributed by atoms with van der Waals surface area (Å²) in [5, 5.41) is 94.2. The number of likely N-dealkylation sites (N-methyl/N-ethyl adjacent to an activating group) is 1. The zero-order chi connectivity index (χ0) is 63.4. The number of primary amides is 1. The first-order valence-electron chi connectivity index (χ1n) is 27.5. The molecule has 17 atom stereocenters. The number of aliphatic hydroxyl groups excluding tert-OH is 8. The minimum atomic E-state index is -1.76. The molecule has 1 aliphatic carbocycles. The van der Waals surface area contributed by atoms with Crippen molar-refractivity contribution in [2.45, 2.75) is 137 Å². The van der Waals surface area contributed by atoms with Gasteiger partial charge in [-0.3, -0.25) is 24.4 Å². The number of benzene rings is 1. The van der Waals surface area contributed by atoms with Crippen molar-refractivity contribution in [2.75, 3.05) is 64.4 Å². The molecule has 1 aromatic carbocycles. The predicted molar refractivity (Wildman–Crippen MR) is 307 cm³/mol. The van der Waals surface area contributed by atoms with Gasteiger partial charge in [-0.05, 0) is 58.0 Å². The maximum Gasteiger partial charge on any atom is 0.341 e. The van der Waals surface area contributed by atoms with E-state index in [1.807, 2.05) is 37.9 Å². The van der Waals surface area contributed by atoms with Crippen LogP contribution in [0, 0.1) is 5.82 Å². The highest BCUT2D eigenvalue weighted by Crippen LogP contribution is 2.42. The smallest absolute Gasteiger partial charge is 0.341 e. The summed E-state index contributed by atoms with van der Waals surface area (Å²) in [6.45, 7) is 6.22. The van der Waals surface area contributed by atoms with Crippen LogP contribution in [-0.4, -0.2) is 251 Å². The van der Waals surface area contributed by atoms with Crippen molar-refractivity contribution < 1.29 is 88.4 Å². The average molecular weight is 1240 g/mol. The Hall–Kier alpha value is -6.19. The van der Waals surface area contributed by atoms with Crippen LogP contribution in [0.3, 0.4) is 0 Å². The number of pyridine rings is 2. The van der Waals surface area contributed by atoms with Gasteiger partial charge in [0.25, 0.3) is 5.91 Å². The third-order valence-electron chi connectivity index (χ3n) is 15.0. The third kappa shape index (κ3) is 16.3. The van der Waals surface area contributed by atoms with E-state index in [0.29, 0.717) is 35.0 Å². The van der Waals surface area contributed by atoms with Crippen molar-refractivity contribution in [1.29, 1.82) is 0 Å². The number of nitrogens with zero attached hydrogens (tertiary/aromatic N) is 6. The molecule has 5 aliphatic rings. The first-order chi connectivity index (χ1) is 40.8. The molecule has 22 N–H and O–H groups in total. The molecule has 33 heteroatoms. The maximum atomic E-state index is 15.0. The van der Waals surface area contributed by atoms with Crippen LogP contribution in [0.4, 0.5) is 10.1 Å². The molecule has 3 saturated heterocycles. The summed E-state index contributed by atoms with van der Waals surface area (Å²) < 4.78 is 45.1. The van der Waals surface area contributed by atoms with Crippen LogP contribution in [0.15, 0.2) is 54.0 Å². The van der Waals surface area contributed by atoms with Gasteiger partial charge >= 0.3 is 5.97 Å². The second kappa shape index (κ2) is 31.1. The standard InChI is InChI=1S/C22H43N5O13.C18H20FN3O4.C8H10N2S.C5H5N3O/c23-2-1-8(29)20(36)27-7-3-6(25)18(39-22-16(34)15(33)13(31)9(4-24)37-22)17(35)19(7)40-21-14(32)11(26)12(30)10(5-28)38-21;1-10-9-26-17-14-11(16(23)12(18(24)25)8-22(10)14)7-13(19)15(17)21-5-3-20(2)4-6-21;1-2-7-5-6(8(9)11)3-4-10-7;6-5(9)4-3-7-1-2-8-4/h6-19,21-22,28-35H,1-5,23-26H2,(H,27,36);7-8,10H,3-6,9H2,1-2H3,(H,24,25);3-5H,2H2,1H3,(H2,9,11);1-3H,(H2,6,9)/t6-,7+,8-,9+,10+,11-,12+,13+,14+,15-,16+,17-,18+,19-,21+,22+;10-;;/m00../s1. The largest absolute Gasteiger partial charge is 0.487 e. The van der Waals surface area contributed by atoms with Crippen LogP contribution in [-0.2, 0) is 30.2 Å². The lowest BCUT2D eigenvalue weighted by Crippen LogP contribution is -2.69. The van der Waals surface area contributed by atoms with Crippen molar-refractivity contribution in [3.8, 4) is 5.75 Å². The van der Waals surface area contributed by atoms with Crippen LogP contribution in [0.5, 0.6) is 5.75 Å². The summed E-state index contributed by atoms with van der Waals surface area (Å²) in [6.07, 6.45) is -11.6. The second-order valence-corrected chi connectivity index (χ2v) is 21.4. The van der Waals surface area contributed by atoms with E-state index in [2.05, 4.69) is 25.2 Å². The summed E-state index contributed by atoms with van der Waals surface area (Å²) >= 11 is 4.82. The first kappa shape index (κ1) is 68.9. The summed E-state index contributed by atoms with van der Waals surface area (Å²) in [5.74, 6) is -2.94. The number of carbonyl (C=O) groups excluding carboxylic acids is 2. The number of ether oxygens (including phenoxy) is 5. The minimum Gasteiger partial charge on any atom is -0.487 e. The Kier molecular flexibility index (Phi) is 24.9. The summed E-state index contributed by atoms with van der Waals surface area (Å²) in [7, 11) is 2.02. The Bertz CT molecular complexity index is 2990. The molecule has 9 rings (SSSR count). The molecule has 0 unspecified atom stereocenters. The van der Waals surface area contributed by atoms with Crippen molar-refractivity contribution >= 4 is 51.6 Å². The van der Waals surface area contributed by atoms with E-state index in [0.717, 1.165) is 36.8 Å². The Labute approximate surface area is 497 Å². The number of halogens is 1. The molecule has 0 spiro atoms. The van der Waals surface area contributed by atoms with Gasteiger partial charge in [0.15, 0.2) is 24.1 Å². The number of nitrogens with two attached hydrogens (primary N) is 6. The maximum absolute atomic E-state index is 15.0. The van der Waals surface area contributed by atoms with Gasteiger partial charge in [-0.2, -0.15) is 0 Å². The Morgan fingerprint density at radius 1 is 0.895 bits per heavy atom. The third-order valence-corrected chi connectivity index (χ3v) is 15.2. The second-order valence-electron chi connectivity index (χ2n) is 21.0. The number of aryl methyl sites for hydroxylation is 1. The lowest BCUT2D eigenvalue weighted by Gasteiger charge is -2.49. The van der Waals surface area contributed by atoms with Crippen LogP contribution in [0.1, 0.15) is 64.8 Å². The van der Waals surface area contributed by atoms with Gasteiger partial charge in [-0.1, -0.05) is 19.1 Å². The zero-order valence-corrected chi connectivity index (χ0v) is 48.2. The van der Waals surface area contributed by atoms with Gasteiger partial charge in [-0.25, -0.2) is 14.2 Å². The number of amides is 2. The Morgan fingerprint density at radius 3 is 2.14 bits per heavy atom. The number of nitrogens with one attached hydrogen (secondary N) is 1. The van der Waals surface area contributed by atoms with Crippen molar-refractivity contribution in [3.63, 3.8) is 0 Å². The lowest BCUT2D eigenvalue weighted by molar-refractivity contribution is -0.332. The lowest BCUT2D eigenvalue weighted by atomic mass is 9.83. The molecule has 4 fully saturated rings. The quantitative estimate of drug-likeness (QED) is 0.0493. The molecule has 476 valence electrons. The zero-order valence-electron chi connectivity index (χ0n) is 47.3. The number of carboxylic acid groups (broad SMARTS) is 1. The molecule has 4 aromatic rings. The van der Waals surface area contributed by atoms with Crippen molar-refractivity contribution in [2.24, 2.45) is 34.4 Å². The van der Waals surface area contributed by atoms with Crippen LogP contribution in [0.2, 0.25) is 0 Å². The van der Waals surface area contributed by atoms with E-state index in [4.69, 9.17) is 70.3 Å². The van der Waals surface area contributed by atoms with E-state index >= 15 is 0 Å². The van der Waals surface area contributed by atoms with Crippen LogP contribution >= 0.6 is 12.2 Å². The molecule has 4 aliphatic heterocycles. The normalized spacial score (nSPS) is 30.2.